The van der Waals surface area contributed by atoms with Crippen LogP contribution in [0.15, 0.2) is 18.6 Å². The van der Waals surface area contributed by atoms with Gasteiger partial charge in [-0.1, -0.05) is 0 Å². The zero-order chi connectivity index (χ0) is 7.40. The summed E-state index contributed by atoms with van der Waals surface area (Å²) in [4.78, 5) is 15.4. The van der Waals surface area contributed by atoms with Crippen LogP contribution in [0.3, 0.4) is 0 Å². The van der Waals surface area contributed by atoms with Crippen molar-refractivity contribution in [3.8, 4) is 5.88 Å². The molecular formula is C4H5KN2O3P+. The van der Waals surface area contributed by atoms with Gasteiger partial charge in [0.25, 0.3) is 5.88 Å². The smallest absolute Gasteiger partial charge is 1.00 e. The molecule has 0 spiro atoms. The van der Waals surface area contributed by atoms with Crippen molar-refractivity contribution in [3.05, 3.63) is 18.6 Å². The van der Waals surface area contributed by atoms with Crippen molar-refractivity contribution in [1.82, 2.24) is 9.97 Å². The molecule has 1 heterocycles. The topological polar surface area (TPSA) is 72.3 Å². The largest absolute Gasteiger partial charge is 1.00 e. The third kappa shape index (κ3) is 4.92. The number of nitrogens with zero attached hydrogens (tertiary/aromatic N) is 2. The predicted molar refractivity (Wildman–Crippen MR) is 33.6 cm³/mol. The zero-order valence-corrected chi connectivity index (χ0v) is 9.85. The van der Waals surface area contributed by atoms with Gasteiger partial charge in [-0.15, -0.1) is 4.89 Å². The van der Waals surface area contributed by atoms with Gasteiger partial charge in [-0.3, -0.25) is 4.98 Å². The molecule has 0 radical (unpaired) electrons. The first-order valence-corrected chi connectivity index (χ1v) is 3.52. The van der Waals surface area contributed by atoms with Gasteiger partial charge in [0, 0.05) is 17.0 Å². The van der Waals surface area contributed by atoms with Crippen LogP contribution in [0.25, 0.3) is 0 Å². The van der Waals surface area contributed by atoms with Crippen LogP contribution < -0.4 is 55.9 Å². The van der Waals surface area contributed by atoms with E-state index in [-0.39, 0.29) is 58.7 Å². The summed E-state index contributed by atoms with van der Waals surface area (Å²) < 4.78 is 14.3. The minimum atomic E-state index is -2.63. The average Bonchev–Trinajstić information content (AvgIpc) is 1.88. The quantitative estimate of drug-likeness (QED) is 0.425. The van der Waals surface area contributed by atoms with Crippen molar-refractivity contribution in [1.29, 1.82) is 0 Å². The second-order valence-corrected chi connectivity index (χ2v) is 2.03. The predicted octanol–water partition coefficient (Wildman–Crippen LogP) is -2.38. The molecule has 0 saturated heterocycles. The summed E-state index contributed by atoms with van der Waals surface area (Å²) in [6.07, 6.45) is 4.06. The van der Waals surface area contributed by atoms with Gasteiger partial charge in [0.05, 0.1) is 6.20 Å². The maximum atomic E-state index is 10.0. The second-order valence-electron chi connectivity index (χ2n) is 1.37. The molecule has 0 aromatic carbocycles. The van der Waals surface area contributed by atoms with Gasteiger partial charge < -0.3 is 1.43 Å². The van der Waals surface area contributed by atoms with E-state index in [0.29, 0.717) is 0 Å². The Balaban J connectivity index is 0. The van der Waals surface area contributed by atoms with Crippen LogP contribution in [0.4, 0.5) is 0 Å². The molecule has 7 heteroatoms. The van der Waals surface area contributed by atoms with E-state index in [1.165, 1.54) is 18.6 Å². The van der Waals surface area contributed by atoms with Gasteiger partial charge in [0.1, 0.15) is 0 Å². The first-order chi connectivity index (χ1) is 4.79. The number of aromatic nitrogens is 2. The van der Waals surface area contributed by atoms with Gasteiger partial charge in [-0.25, -0.2) is 9.51 Å². The van der Waals surface area contributed by atoms with Crippen molar-refractivity contribution in [2.45, 2.75) is 0 Å². The summed E-state index contributed by atoms with van der Waals surface area (Å²) in [5, 5.41) is 0. The minimum absolute atomic E-state index is 0. The van der Waals surface area contributed by atoms with E-state index in [4.69, 9.17) is 4.89 Å². The zero-order valence-electron chi connectivity index (χ0n) is 6.84. The Hall–Kier alpha value is 0.576. The summed E-state index contributed by atoms with van der Waals surface area (Å²) in [6.45, 7) is 0. The first kappa shape index (κ1) is 11.6. The van der Waals surface area contributed by atoms with Gasteiger partial charge in [0.15, 0.2) is 0 Å². The van der Waals surface area contributed by atoms with Crippen LogP contribution in [0.5, 0.6) is 5.88 Å². The Morgan fingerprint density at radius 2 is 2.36 bits per heavy atom. The molecule has 0 amide bonds. The fourth-order valence-corrected chi connectivity index (χ4v) is 0.667. The Labute approximate surface area is 108 Å². The van der Waals surface area contributed by atoms with Crippen molar-refractivity contribution in [3.63, 3.8) is 0 Å². The maximum Gasteiger partial charge on any atom is 1.00 e. The molecule has 1 unspecified atom stereocenters. The Bertz CT molecular complexity index is 237. The summed E-state index contributed by atoms with van der Waals surface area (Å²) in [5.41, 5.74) is 0. The SMILES string of the molecule is O=[P+](O)Oc1cnccn1.[H-].[K+]. The second kappa shape index (κ2) is 6.13. The van der Waals surface area contributed by atoms with Gasteiger partial charge in [0.2, 0.25) is 0 Å². The molecule has 1 rings (SSSR count). The molecule has 5 nitrogen and oxygen atoms in total. The van der Waals surface area contributed by atoms with Crippen molar-refractivity contribution >= 4 is 8.25 Å². The number of hydrogen-bond donors (Lipinski definition) is 1. The van der Waals surface area contributed by atoms with E-state index in [2.05, 4.69) is 14.5 Å². The summed E-state index contributed by atoms with van der Waals surface area (Å²) in [6, 6.07) is 0. The molecule has 0 fully saturated rings. The monoisotopic (exact) mass is 199 g/mol. The molecule has 11 heavy (non-hydrogen) atoms. The van der Waals surface area contributed by atoms with Crippen LogP contribution in [-0.4, -0.2) is 14.9 Å². The molecule has 0 saturated carbocycles. The van der Waals surface area contributed by atoms with Gasteiger partial charge in [-0.2, -0.15) is 0 Å². The van der Waals surface area contributed by atoms with E-state index in [1.807, 2.05) is 0 Å². The fourth-order valence-electron chi connectivity index (χ4n) is 0.413. The molecule has 0 aliphatic heterocycles. The van der Waals surface area contributed by atoms with Crippen LogP contribution in [0, 0.1) is 0 Å². The molecule has 54 valence electrons. The Kier molecular flexibility index (Phi) is 6.45. The normalized spacial score (nSPS) is 9.73. The van der Waals surface area contributed by atoms with Crippen LogP contribution >= 0.6 is 8.25 Å². The van der Waals surface area contributed by atoms with Crippen LogP contribution in [-0.2, 0) is 4.57 Å². The summed E-state index contributed by atoms with van der Waals surface area (Å²) >= 11 is 0. The van der Waals surface area contributed by atoms with Crippen molar-refractivity contribution < 1.29 is 66.8 Å². The molecule has 0 aliphatic rings. The molecule has 1 atom stereocenters. The van der Waals surface area contributed by atoms with Gasteiger partial charge in [-0.05, 0) is 0 Å². The van der Waals surface area contributed by atoms with Crippen LogP contribution in [0.2, 0.25) is 0 Å². The van der Waals surface area contributed by atoms with Crippen molar-refractivity contribution in [2.24, 2.45) is 0 Å². The van der Waals surface area contributed by atoms with E-state index in [0.717, 1.165) is 0 Å². The fraction of sp³-hybridized carbons (Fsp3) is 0. The molecule has 1 N–H and O–H groups in total. The minimum Gasteiger partial charge on any atom is -1.00 e. The van der Waals surface area contributed by atoms with Gasteiger partial charge >= 0.3 is 59.6 Å². The molecule has 1 aromatic heterocycles. The summed E-state index contributed by atoms with van der Waals surface area (Å²) in [7, 11) is -2.63. The number of rotatable bonds is 2. The third-order valence-corrected chi connectivity index (χ3v) is 1.05. The van der Waals surface area contributed by atoms with Crippen LogP contribution in [0.1, 0.15) is 1.43 Å². The summed E-state index contributed by atoms with van der Waals surface area (Å²) in [5.74, 6) is 0.0473. The standard InChI is InChI=1S/C4H3N2O3P.K.H/c7-10(8)9-4-3-5-1-2-6-4;;/h1-3H;;/q;+1;-1/p+1. The third-order valence-electron chi connectivity index (χ3n) is 0.711. The first-order valence-electron chi connectivity index (χ1n) is 2.39. The Morgan fingerprint density at radius 3 is 2.82 bits per heavy atom. The van der Waals surface area contributed by atoms with E-state index in [1.54, 1.807) is 0 Å². The number of hydrogen-bond acceptors (Lipinski definition) is 4. The van der Waals surface area contributed by atoms with E-state index >= 15 is 0 Å². The van der Waals surface area contributed by atoms with E-state index < -0.39 is 8.25 Å². The van der Waals surface area contributed by atoms with Crippen molar-refractivity contribution in [2.75, 3.05) is 0 Å². The maximum absolute atomic E-state index is 10.0. The molecule has 0 bridgehead atoms. The molecular weight excluding hydrogens is 194 g/mol. The molecule has 0 aliphatic carbocycles. The average molecular weight is 199 g/mol. The van der Waals surface area contributed by atoms with E-state index in [9.17, 15) is 4.57 Å². The molecule has 1 aromatic rings. The Morgan fingerprint density at radius 1 is 1.64 bits per heavy atom.